The Hall–Kier alpha value is -1.84. The van der Waals surface area contributed by atoms with Crippen LogP contribution in [0.1, 0.15) is 38.7 Å². The van der Waals surface area contributed by atoms with Crippen molar-refractivity contribution in [3.8, 4) is 0 Å². The number of rotatable bonds is 4. The van der Waals surface area contributed by atoms with Gasteiger partial charge in [0.2, 0.25) is 11.8 Å². The van der Waals surface area contributed by atoms with Crippen molar-refractivity contribution in [3.05, 3.63) is 29.8 Å². The van der Waals surface area contributed by atoms with E-state index in [-0.39, 0.29) is 17.7 Å². The van der Waals surface area contributed by atoms with Gasteiger partial charge in [0.15, 0.2) is 0 Å². The number of carbonyl (C=O) groups is 2. The van der Waals surface area contributed by atoms with E-state index in [1.54, 1.807) is 4.90 Å². The molecule has 20 heavy (non-hydrogen) atoms. The highest BCUT2D eigenvalue weighted by Crippen LogP contribution is 2.25. The molecule has 1 N–H and O–H groups in total. The van der Waals surface area contributed by atoms with Gasteiger partial charge < -0.3 is 10.2 Å². The Morgan fingerprint density at radius 3 is 2.70 bits per heavy atom. The molecule has 2 amide bonds. The second kappa shape index (κ2) is 6.07. The Labute approximate surface area is 120 Å². The lowest BCUT2D eigenvalue weighted by atomic mass is 10.0. The molecule has 1 heterocycles. The zero-order chi connectivity index (χ0) is 14.7. The van der Waals surface area contributed by atoms with Gasteiger partial charge in [0.05, 0.1) is 5.92 Å². The van der Waals surface area contributed by atoms with Crippen molar-refractivity contribution in [2.45, 2.75) is 33.1 Å². The van der Waals surface area contributed by atoms with Crippen molar-refractivity contribution in [1.29, 1.82) is 0 Å². The molecule has 0 spiro atoms. The van der Waals surface area contributed by atoms with E-state index in [4.69, 9.17) is 0 Å². The first kappa shape index (κ1) is 14.6. The zero-order valence-electron chi connectivity index (χ0n) is 12.3. The summed E-state index contributed by atoms with van der Waals surface area (Å²) in [7, 11) is 0. The first-order valence-corrected chi connectivity index (χ1v) is 7.20. The Morgan fingerprint density at radius 2 is 2.10 bits per heavy atom. The van der Waals surface area contributed by atoms with Gasteiger partial charge in [-0.05, 0) is 24.5 Å². The third kappa shape index (κ3) is 3.00. The Morgan fingerprint density at radius 1 is 1.40 bits per heavy atom. The second-order valence-electron chi connectivity index (χ2n) is 5.56. The average molecular weight is 274 g/mol. The molecule has 4 heteroatoms. The first-order chi connectivity index (χ1) is 9.52. The molecule has 1 atom stereocenters. The maximum atomic E-state index is 12.3. The summed E-state index contributed by atoms with van der Waals surface area (Å²) in [5.74, 6) is 0.138. The smallest absolute Gasteiger partial charge is 0.229 e. The molecule has 1 aliphatic heterocycles. The number of carbonyl (C=O) groups excluding carboxylic acids is 2. The second-order valence-corrected chi connectivity index (χ2v) is 5.56. The van der Waals surface area contributed by atoms with Crippen LogP contribution in [0, 0.1) is 5.92 Å². The van der Waals surface area contributed by atoms with Gasteiger partial charge in [-0.15, -0.1) is 0 Å². The number of nitrogens with one attached hydrogen (secondary N) is 1. The summed E-state index contributed by atoms with van der Waals surface area (Å²) in [6, 6.07) is 7.84. The quantitative estimate of drug-likeness (QED) is 0.917. The highest BCUT2D eigenvalue weighted by atomic mass is 16.2. The number of hydrogen-bond donors (Lipinski definition) is 1. The summed E-state index contributed by atoms with van der Waals surface area (Å²) in [4.78, 5) is 25.7. The molecular formula is C16H22N2O2. The van der Waals surface area contributed by atoms with Crippen molar-refractivity contribution < 1.29 is 9.59 Å². The van der Waals surface area contributed by atoms with Crippen LogP contribution in [0.5, 0.6) is 0 Å². The lowest BCUT2D eigenvalue weighted by molar-refractivity contribution is -0.128. The molecule has 0 aromatic heterocycles. The average Bonchev–Trinajstić information content (AvgIpc) is 2.80. The third-order valence-corrected chi connectivity index (χ3v) is 3.81. The molecule has 1 aliphatic rings. The van der Waals surface area contributed by atoms with Gasteiger partial charge >= 0.3 is 0 Å². The largest absolute Gasteiger partial charge is 0.342 e. The predicted molar refractivity (Wildman–Crippen MR) is 79.5 cm³/mol. The molecule has 4 nitrogen and oxygen atoms in total. The summed E-state index contributed by atoms with van der Waals surface area (Å²) < 4.78 is 0. The van der Waals surface area contributed by atoms with Gasteiger partial charge in [0.25, 0.3) is 0 Å². The molecule has 0 saturated carbocycles. The zero-order valence-corrected chi connectivity index (χ0v) is 12.3. The van der Waals surface area contributed by atoms with Gasteiger partial charge in [0, 0.05) is 25.2 Å². The van der Waals surface area contributed by atoms with Crippen LogP contribution in [0.4, 0.5) is 5.69 Å². The molecule has 108 valence electrons. The van der Waals surface area contributed by atoms with E-state index in [9.17, 15) is 9.59 Å². The Balaban J connectivity index is 2.08. The molecule has 1 aromatic carbocycles. The normalized spacial score (nSPS) is 18.7. The van der Waals surface area contributed by atoms with E-state index in [2.05, 4.69) is 19.2 Å². The summed E-state index contributed by atoms with van der Waals surface area (Å²) in [6.07, 6.45) is 0.323. The van der Waals surface area contributed by atoms with E-state index in [1.165, 1.54) is 0 Å². The molecule has 2 rings (SSSR count). The number of likely N-dealkylation sites (tertiary alicyclic amines) is 1. The number of para-hydroxylation sites is 1. The van der Waals surface area contributed by atoms with E-state index in [1.807, 2.05) is 31.2 Å². The van der Waals surface area contributed by atoms with Crippen LogP contribution in [0.3, 0.4) is 0 Å². The van der Waals surface area contributed by atoms with Crippen molar-refractivity contribution in [1.82, 2.24) is 4.90 Å². The van der Waals surface area contributed by atoms with E-state index >= 15 is 0 Å². The molecule has 0 aliphatic carbocycles. The first-order valence-electron chi connectivity index (χ1n) is 7.20. The number of nitrogens with zero attached hydrogens (tertiary/aromatic N) is 1. The maximum absolute atomic E-state index is 12.3. The fourth-order valence-electron chi connectivity index (χ4n) is 2.60. The third-order valence-electron chi connectivity index (χ3n) is 3.81. The molecule has 0 bridgehead atoms. The van der Waals surface area contributed by atoms with Crippen LogP contribution < -0.4 is 5.32 Å². The lowest BCUT2D eigenvalue weighted by Gasteiger charge is -2.16. The van der Waals surface area contributed by atoms with E-state index in [0.717, 1.165) is 11.3 Å². The number of benzene rings is 1. The minimum absolute atomic E-state index is 0.0533. The standard InChI is InChI=1S/C16H22N2O2/c1-4-18-10-12(9-15(18)19)16(20)17-14-8-6-5-7-13(14)11(2)3/h5-8,11-12H,4,9-10H2,1-3H3,(H,17,20)/t12-/m1/s1. The molecule has 0 unspecified atom stereocenters. The Bertz CT molecular complexity index is 511. The van der Waals surface area contributed by atoms with Gasteiger partial charge in [-0.2, -0.15) is 0 Å². The van der Waals surface area contributed by atoms with Crippen LogP contribution in [-0.2, 0) is 9.59 Å². The summed E-state index contributed by atoms with van der Waals surface area (Å²) in [5.41, 5.74) is 1.98. The minimum Gasteiger partial charge on any atom is -0.342 e. The van der Waals surface area contributed by atoms with Crippen molar-refractivity contribution in [2.24, 2.45) is 5.92 Å². The van der Waals surface area contributed by atoms with Gasteiger partial charge in [0.1, 0.15) is 0 Å². The lowest BCUT2D eigenvalue weighted by Crippen LogP contribution is -2.28. The van der Waals surface area contributed by atoms with Gasteiger partial charge in [-0.1, -0.05) is 32.0 Å². The molecule has 1 fully saturated rings. The highest BCUT2D eigenvalue weighted by molar-refractivity contribution is 5.97. The molecule has 0 radical (unpaired) electrons. The van der Waals surface area contributed by atoms with Gasteiger partial charge in [-0.25, -0.2) is 0 Å². The number of hydrogen-bond acceptors (Lipinski definition) is 2. The summed E-state index contributed by atoms with van der Waals surface area (Å²) in [5, 5.41) is 2.98. The van der Waals surface area contributed by atoms with Crippen LogP contribution in [-0.4, -0.2) is 29.8 Å². The van der Waals surface area contributed by atoms with Crippen LogP contribution in [0.25, 0.3) is 0 Å². The fourth-order valence-corrected chi connectivity index (χ4v) is 2.60. The topological polar surface area (TPSA) is 49.4 Å². The highest BCUT2D eigenvalue weighted by Gasteiger charge is 2.33. The van der Waals surface area contributed by atoms with Crippen molar-refractivity contribution in [2.75, 3.05) is 18.4 Å². The fraction of sp³-hybridized carbons (Fsp3) is 0.500. The number of anilines is 1. The predicted octanol–water partition coefficient (Wildman–Crippen LogP) is 2.62. The number of amides is 2. The molecule has 1 saturated heterocycles. The monoisotopic (exact) mass is 274 g/mol. The van der Waals surface area contributed by atoms with E-state index in [0.29, 0.717) is 25.4 Å². The maximum Gasteiger partial charge on any atom is 0.229 e. The molecule has 1 aromatic rings. The van der Waals surface area contributed by atoms with Crippen molar-refractivity contribution >= 4 is 17.5 Å². The van der Waals surface area contributed by atoms with Crippen LogP contribution >= 0.6 is 0 Å². The van der Waals surface area contributed by atoms with Crippen LogP contribution in [0.2, 0.25) is 0 Å². The van der Waals surface area contributed by atoms with Crippen molar-refractivity contribution in [3.63, 3.8) is 0 Å². The minimum atomic E-state index is -0.234. The van der Waals surface area contributed by atoms with Gasteiger partial charge in [-0.3, -0.25) is 9.59 Å². The van der Waals surface area contributed by atoms with E-state index < -0.39 is 0 Å². The summed E-state index contributed by atoms with van der Waals surface area (Å²) in [6.45, 7) is 7.34. The van der Waals surface area contributed by atoms with Crippen LogP contribution in [0.15, 0.2) is 24.3 Å². The summed E-state index contributed by atoms with van der Waals surface area (Å²) >= 11 is 0. The SMILES string of the molecule is CCN1C[C@H](C(=O)Nc2ccccc2C(C)C)CC1=O. The Kier molecular flexibility index (Phi) is 4.42. The molecular weight excluding hydrogens is 252 g/mol.